The van der Waals surface area contributed by atoms with Crippen LogP contribution in [0.25, 0.3) is 28.1 Å². The number of halogens is 1. The van der Waals surface area contributed by atoms with Crippen LogP contribution in [0.2, 0.25) is 0 Å². The maximum absolute atomic E-state index is 9.72. The Hall–Kier alpha value is -2.60. The quantitative estimate of drug-likeness (QED) is 0.404. The zero-order valence-corrected chi connectivity index (χ0v) is 13.2. The third kappa shape index (κ3) is 2.17. The van der Waals surface area contributed by atoms with Crippen molar-refractivity contribution in [3.63, 3.8) is 0 Å². The Morgan fingerprint density at radius 2 is 1.82 bits per heavy atom. The fourth-order valence-corrected chi connectivity index (χ4v) is 2.41. The number of rotatable bonds is 1. The molecule has 0 aliphatic carbocycles. The van der Waals surface area contributed by atoms with Crippen LogP contribution in [0.1, 0.15) is 0 Å². The number of hydrogen-bond donors (Lipinski definition) is 2. The summed E-state index contributed by atoms with van der Waals surface area (Å²) in [6.45, 7) is 0. The number of imidazole rings is 1. The average Bonchev–Trinajstić information content (AvgIpc) is 2.87. The summed E-state index contributed by atoms with van der Waals surface area (Å²) in [6, 6.07) is 14.9. The van der Waals surface area contributed by atoms with Gasteiger partial charge in [0.05, 0.1) is 22.4 Å². The zero-order valence-electron chi connectivity index (χ0n) is 11.5. The molecule has 3 N–H and O–H groups in total. The minimum atomic E-state index is 0. The van der Waals surface area contributed by atoms with E-state index < -0.39 is 0 Å². The highest BCUT2D eigenvalue weighted by atomic mass is 79.9. The molecule has 6 heteroatoms. The standard InChI is InChI=1S/C16H12N4O.BrH/c17-11-6-5-10(9-15(11)21)12-7-8-20-14-4-2-1-3-13(14)19-16(20)18-12;/h1-9,21H,17H2;1H. The van der Waals surface area contributed by atoms with E-state index >= 15 is 0 Å². The second kappa shape index (κ2) is 5.31. The third-order valence-electron chi connectivity index (χ3n) is 3.51. The van der Waals surface area contributed by atoms with Crippen LogP contribution < -0.4 is 5.73 Å². The highest BCUT2D eigenvalue weighted by Gasteiger charge is 2.08. The molecule has 5 nitrogen and oxygen atoms in total. The summed E-state index contributed by atoms with van der Waals surface area (Å²) in [5, 5.41) is 9.72. The van der Waals surface area contributed by atoms with Crippen molar-refractivity contribution >= 4 is 39.5 Å². The number of phenols is 1. The third-order valence-corrected chi connectivity index (χ3v) is 3.51. The van der Waals surface area contributed by atoms with Crippen LogP contribution in [0.15, 0.2) is 54.7 Å². The van der Waals surface area contributed by atoms with Gasteiger partial charge in [-0.25, -0.2) is 9.97 Å². The van der Waals surface area contributed by atoms with Crippen molar-refractivity contribution in [1.82, 2.24) is 14.4 Å². The first-order valence-electron chi connectivity index (χ1n) is 6.55. The normalized spacial score (nSPS) is 10.7. The van der Waals surface area contributed by atoms with Gasteiger partial charge in [-0.3, -0.25) is 4.40 Å². The molecule has 2 heterocycles. The molecule has 0 bridgehead atoms. The molecule has 2 aromatic heterocycles. The predicted octanol–water partition coefficient (Wildman–Crippen LogP) is 3.42. The fraction of sp³-hybridized carbons (Fsp3) is 0. The number of anilines is 1. The number of nitrogens with two attached hydrogens (primary N) is 1. The molecule has 0 fully saturated rings. The SMILES string of the molecule is Br.Nc1ccc(-c2ccn3c(n2)nc2ccccc23)cc1O. The van der Waals surface area contributed by atoms with E-state index in [1.807, 2.05) is 47.0 Å². The fourth-order valence-electron chi connectivity index (χ4n) is 2.41. The molecule has 0 spiro atoms. The summed E-state index contributed by atoms with van der Waals surface area (Å²) in [6.07, 6.45) is 1.93. The lowest BCUT2D eigenvalue weighted by molar-refractivity contribution is 0.478. The van der Waals surface area contributed by atoms with Gasteiger partial charge in [0.2, 0.25) is 5.78 Å². The van der Waals surface area contributed by atoms with Gasteiger partial charge in [-0.2, -0.15) is 0 Å². The van der Waals surface area contributed by atoms with Gasteiger partial charge in [0, 0.05) is 11.8 Å². The van der Waals surface area contributed by atoms with Crippen LogP contribution in [0.3, 0.4) is 0 Å². The van der Waals surface area contributed by atoms with E-state index in [9.17, 15) is 5.11 Å². The van der Waals surface area contributed by atoms with Crippen LogP contribution in [-0.2, 0) is 0 Å². The molecule has 0 radical (unpaired) electrons. The molecule has 4 rings (SSSR count). The van der Waals surface area contributed by atoms with E-state index in [-0.39, 0.29) is 22.7 Å². The highest BCUT2D eigenvalue weighted by molar-refractivity contribution is 8.93. The molecule has 0 aliphatic heterocycles. The molecular formula is C16H13BrN4O. The van der Waals surface area contributed by atoms with Crippen molar-refractivity contribution in [2.75, 3.05) is 5.73 Å². The number of hydrogen-bond acceptors (Lipinski definition) is 4. The van der Waals surface area contributed by atoms with Crippen LogP contribution >= 0.6 is 17.0 Å². The lowest BCUT2D eigenvalue weighted by Crippen LogP contribution is -1.92. The van der Waals surface area contributed by atoms with Gasteiger partial charge in [-0.15, -0.1) is 17.0 Å². The summed E-state index contributed by atoms with van der Waals surface area (Å²) >= 11 is 0. The zero-order chi connectivity index (χ0) is 14.4. The minimum Gasteiger partial charge on any atom is -0.506 e. The Labute approximate surface area is 136 Å². The lowest BCUT2D eigenvalue weighted by atomic mass is 10.1. The number of phenolic OH excluding ortho intramolecular Hbond substituents is 1. The van der Waals surface area contributed by atoms with E-state index in [4.69, 9.17) is 5.73 Å². The first-order chi connectivity index (χ1) is 10.2. The van der Waals surface area contributed by atoms with Crippen molar-refractivity contribution in [3.8, 4) is 17.0 Å². The molecule has 0 saturated carbocycles. The number of para-hydroxylation sites is 2. The Morgan fingerprint density at radius 1 is 1.00 bits per heavy atom. The first-order valence-corrected chi connectivity index (χ1v) is 6.55. The summed E-state index contributed by atoms with van der Waals surface area (Å²) in [5.41, 5.74) is 9.45. The summed E-state index contributed by atoms with van der Waals surface area (Å²) < 4.78 is 1.94. The second-order valence-corrected chi connectivity index (χ2v) is 4.86. The minimum absolute atomic E-state index is 0. The van der Waals surface area contributed by atoms with Crippen LogP contribution in [0.5, 0.6) is 5.75 Å². The smallest absolute Gasteiger partial charge is 0.235 e. The van der Waals surface area contributed by atoms with Crippen LogP contribution in [-0.4, -0.2) is 19.5 Å². The summed E-state index contributed by atoms with van der Waals surface area (Å²) in [4.78, 5) is 9.06. The van der Waals surface area contributed by atoms with Crippen molar-refractivity contribution in [2.24, 2.45) is 0 Å². The van der Waals surface area contributed by atoms with Crippen molar-refractivity contribution in [2.45, 2.75) is 0 Å². The van der Waals surface area contributed by atoms with Gasteiger partial charge in [0.25, 0.3) is 0 Å². The van der Waals surface area contributed by atoms with Gasteiger partial charge in [-0.1, -0.05) is 18.2 Å². The van der Waals surface area contributed by atoms with Gasteiger partial charge >= 0.3 is 0 Å². The Kier molecular flexibility index (Phi) is 3.46. The maximum Gasteiger partial charge on any atom is 0.235 e. The van der Waals surface area contributed by atoms with Gasteiger partial charge in [0.15, 0.2) is 0 Å². The van der Waals surface area contributed by atoms with Crippen LogP contribution in [0.4, 0.5) is 5.69 Å². The molecule has 110 valence electrons. The van der Waals surface area contributed by atoms with E-state index in [2.05, 4.69) is 9.97 Å². The van der Waals surface area contributed by atoms with E-state index in [1.165, 1.54) is 0 Å². The monoisotopic (exact) mass is 356 g/mol. The molecule has 22 heavy (non-hydrogen) atoms. The number of nitrogens with zero attached hydrogens (tertiary/aromatic N) is 3. The largest absolute Gasteiger partial charge is 0.506 e. The van der Waals surface area contributed by atoms with Crippen LogP contribution in [0, 0.1) is 0 Å². The second-order valence-electron chi connectivity index (χ2n) is 4.86. The molecule has 0 amide bonds. The van der Waals surface area contributed by atoms with E-state index in [1.54, 1.807) is 12.1 Å². The Bertz CT molecular complexity index is 980. The Morgan fingerprint density at radius 3 is 2.64 bits per heavy atom. The van der Waals surface area contributed by atoms with Gasteiger partial charge in [-0.05, 0) is 30.3 Å². The summed E-state index contributed by atoms with van der Waals surface area (Å²) in [7, 11) is 0. The molecular weight excluding hydrogens is 344 g/mol. The van der Waals surface area contributed by atoms with Gasteiger partial charge < -0.3 is 10.8 Å². The first kappa shape index (κ1) is 14.3. The van der Waals surface area contributed by atoms with Gasteiger partial charge in [0.1, 0.15) is 5.75 Å². The molecule has 0 unspecified atom stereocenters. The number of aromatic nitrogens is 3. The Balaban J connectivity index is 0.00000144. The molecule has 0 saturated heterocycles. The number of aromatic hydroxyl groups is 1. The van der Waals surface area contributed by atoms with E-state index in [0.29, 0.717) is 11.5 Å². The van der Waals surface area contributed by atoms with E-state index in [0.717, 1.165) is 22.3 Å². The van der Waals surface area contributed by atoms with Crippen molar-refractivity contribution < 1.29 is 5.11 Å². The number of fused-ring (bicyclic) bond motifs is 3. The number of benzene rings is 2. The predicted molar refractivity (Wildman–Crippen MR) is 92.3 cm³/mol. The lowest BCUT2D eigenvalue weighted by Gasteiger charge is -2.04. The topological polar surface area (TPSA) is 76.4 Å². The molecule has 0 atom stereocenters. The summed E-state index contributed by atoms with van der Waals surface area (Å²) in [5.74, 6) is 0.688. The molecule has 0 aliphatic rings. The van der Waals surface area contributed by atoms with Crippen molar-refractivity contribution in [3.05, 3.63) is 54.7 Å². The molecule has 2 aromatic carbocycles. The number of nitrogen functional groups attached to an aromatic ring is 1. The van der Waals surface area contributed by atoms with Crippen molar-refractivity contribution in [1.29, 1.82) is 0 Å². The average molecular weight is 357 g/mol. The highest BCUT2D eigenvalue weighted by Crippen LogP contribution is 2.27. The maximum atomic E-state index is 9.72. The molecule has 4 aromatic rings.